The number of aromatic nitrogens is 4. The zero-order valence-electron chi connectivity index (χ0n) is 11.7. The van der Waals surface area contributed by atoms with E-state index < -0.39 is 5.97 Å². The maximum Gasteiger partial charge on any atom is 0.313 e. The fraction of sp³-hybridized carbons (Fsp3) is 0.462. The molecule has 0 fully saturated rings. The Kier molecular flexibility index (Phi) is 4.49. The lowest BCUT2D eigenvalue weighted by Gasteiger charge is -2.05. The largest absolute Gasteiger partial charge is 0.481 e. The van der Waals surface area contributed by atoms with Gasteiger partial charge in [0, 0.05) is 13.6 Å². The highest BCUT2D eigenvalue weighted by Crippen LogP contribution is 2.26. The van der Waals surface area contributed by atoms with Crippen LogP contribution in [0.5, 0.6) is 0 Å². The van der Waals surface area contributed by atoms with Crippen LogP contribution in [-0.2, 0) is 24.8 Å². The van der Waals surface area contributed by atoms with E-state index in [1.54, 1.807) is 6.08 Å². The van der Waals surface area contributed by atoms with Gasteiger partial charge in [-0.25, -0.2) is 4.98 Å². The summed E-state index contributed by atoms with van der Waals surface area (Å²) in [6.45, 7) is 6.43. The van der Waals surface area contributed by atoms with Crippen molar-refractivity contribution < 1.29 is 9.90 Å². The van der Waals surface area contributed by atoms with Crippen molar-refractivity contribution in [3.05, 3.63) is 18.3 Å². The molecule has 7 heteroatoms. The molecule has 2 heterocycles. The third kappa shape index (κ3) is 2.72. The Hall–Kier alpha value is -1.76. The van der Waals surface area contributed by atoms with Crippen LogP contribution >= 0.6 is 11.8 Å². The first kappa shape index (κ1) is 14.6. The van der Waals surface area contributed by atoms with Gasteiger partial charge in [0.2, 0.25) is 0 Å². The molecule has 0 aliphatic rings. The van der Waals surface area contributed by atoms with Gasteiger partial charge in [0.15, 0.2) is 10.8 Å². The van der Waals surface area contributed by atoms with Gasteiger partial charge in [0.05, 0.1) is 11.4 Å². The molecule has 0 aliphatic carbocycles. The van der Waals surface area contributed by atoms with E-state index >= 15 is 0 Å². The van der Waals surface area contributed by atoms with Crippen LogP contribution < -0.4 is 0 Å². The summed E-state index contributed by atoms with van der Waals surface area (Å²) in [6, 6.07) is 0. The quantitative estimate of drug-likeness (QED) is 0.625. The summed E-state index contributed by atoms with van der Waals surface area (Å²) < 4.78 is 3.77. The van der Waals surface area contributed by atoms with Crippen LogP contribution in [0.3, 0.4) is 0 Å². The smallest absolute Gasteiger partial charge is 0.313 e. The molecule has 0 atom stereocenters. The van der Waals surface area contributed by atoms with E-state index in [1.807, 2.05) is 16.3 Å². The number of allylic oxidation sites excluding steroid dienone is 1. The molecule has 0 aliphatic heterocycles. The minimum Gasteiger partial charge on any atom is -0.481 e. The van der Waals surface area contributed by atoms with Crippen LogP contribution in [0, 0.1) is 0 Å². The molecule has 1 N–H and O–H groups in total. The zero-order valence-corrected chi connectivity index (χ0v) is 12.5. The van der Waals surface area contributed by atoms with Crippen molar-refractivity contribution in [2.24, 2.45) is 7.05 Å². The van der Waals surface area contributed by atoms with Gasteiger partial charge in [-0.1, -0.05) is 31.2 Å². The Morgan fingerprint density at radius 3 is 2.90 bits per heavy atom. The molecule has 6 nitrogen and oxygen atoms in total. The SMILES string of the molecule is C=CCn1c(SCC(=O)O)nc2c(CCC)nn(C)c21. The number of imidazole rings is 1. The van der Waals surface area contributed by atoms with Gasteiger partial charge >= 0.3 is 5.97 Å². The van der Waals surface area contributed by atoms with Crippen molar-refractivity contribution in [1.82, 2.24) is 19.3 Å². The third-order valence-electron chi connectivity index (χ3n) is 2.88. The average Bonchev–Trinajstić information content (AvgIpc) is 2.88. The lowest BCUT2D eigenvalue weighted by molar-refractivity contribution is -0.133. The highest BCUT2D eigenvalue weighted by atomic mass is 32.2. The average molecular weight is 294 g/mol. The Morgan fingerprint density at radius 1 is 1.55 bits per heavy atom. The van der Waals surface area contributed by atoms with E-state index in [4.69, 9.17) is 5.11 Å². The van der Waals surface area contributed by atoms with Gasteiger partial charge < -0.3 is 5.11 Å². The molecule has 0 spiro atoms. The molecular formula is C13H18N4O2S. The van der Waals surface area contributed by atoms with E-state index in [2.05, 4.69) is 23.6 Å². The van der Waals surface area contributed by atoms with Crippen molar-refractivity contribution >= 4 is 28.9 Å². The number of hydrogen-bond acceptors (Lipinski definition) is 4. The van der Waals surface area contributed by atoms with Crippen LogP contribution in [0.2, 0.25) is 0 Å². The number of carboxylic acid groups (broad SMARTS) is 1. The summed E-state index contributed by atoms with van der Waals surface area (Å²) in [5.74, 6) is -0.851. The van der Waals surface area contributed by atoms with Gasteiger partial charge in [0.1, 0.15) is 5.52 Å². The third-order valence-corrected chi connectivity index (χ3v) is 3.84. The fourth-order valence-electron chi connectivity index (χ4n) is 2.16. The van der Waals surface area contributed by atoms with E-state index in [0.717, 1.165) is 29.7 Å². The number of nitrogens with zero attached hydrogens (tertiary/aromatic N) is 4. The molecule has 2 aromatic rings. The van der Waals surface area contributed by atoms with Crippen LogP contribution in [0.25, 0.3) is 11.2 Å². The molecule has 0 saturated carbocycles. The van der Waals surface area contributed by atoms with E-state index in [1.165, 1.54) is 11.8 Å². The predicted molar refractivity (Wildman–Crippen MR) is 79.1 cm³/mol. The molecule has 0 bridgehead atoms. The van der Waals surface area contributed by atoms with Gasteiger partial charge in [-0.15, -0.1) is 6.58 Å². The maximum absolute atomic E-state index is 10.7. The summed E-state index contributed by atoms with van der Waals surface area (Å²) in [4.78, 5) is 15.3. The topological polar surface area (TPSA) is 72.9 Å². The number of thioether (sulfide) groups is 1. The number of aliphatic carboxylic acids is 1. The maximum atomic E-state index is 10.7. The van der Waals surface area contributed by atoms with Crippen molar-refractivity contribution in [1.29, 1.82) is 0 Å². The molecule has 2 aromatic heterocycles. The predicted octanol–water partition coefficient (Wildman–Crippen LogP) is 2.08. The first-order chi connectivity index (χ1) is 9.58. The van der Waals surface area contributed by atoms with E-state index in [0.29, 0.717) is 11.7 Å². The molecule has 0 radical (unpaired) electrons. The monoisotopic (exact) mass is 294 g/mol. The lowest BCUT2D eigenvalue weighted by Crippen LogP contribution is -2.05. The Balaban J connectivity index is 2.50. The fourth-order valence-corrected chi connectivity index (χ4v) is 2.88. The highest BCUT2D eigenvalue weighted by molar-refractivity contribution is 7.99. The van der Waals surface area contributed by atoms with Crippen LogP contribution in [0.1, 0.15) is 19.0 Å². The summed E-state index contributed by atoms with van der Waals surface area (Å²) in [6.07, 6.45) is 3.64. The van der Waals surface area contributed by atoms with Gasteiger partial charge in [0.25, 0.3) is 0 Å². The zero-order chi connectivity index (χ0) is 14.7. The first-order valence-electron chi connectivity index (χ1n) is 6.46. The number of fused-ring (bicyclic) bond motifs is 1. The van der Waals surface area contributed by atoms with Crippen molar-refractivity contribution in [3.63, 3.8) is 0 Å². The van der Waals surface area contributed by atoms with E-state index in [9.17, 15) is 4.79 Å². The molecule has 0 saturated heterocycles. The van der Waals surface area contributed by atoms with Crippen LogP contribution in [0.15, 0.2) is 17.8 Å². The van der Waals surface area contributed by atoms with E-state index in [-0.39, 0.29) is 5.75 Å². The minimum absolute atomic E-state index is 0.00297. The number of carboxylic acids is 1. The molecule has 0 amide bonds. The Bertz CT molecular complexity index is 644. The number of hydrogen-bond donors (Lipinski definition) is 1. The minimum atomic E-state index is -0.848. The Morgan fingerprint density at radius 2 is 2.30 bits per heavy atom. The van der Waals surface area contributed by atoms with Crippen molar-refractivity contribution in [2.75, 3.05) is 5.75 Å². The Labute approximate surface area is 121 Å². The molecule has 20 heavy (non-hydrogen) atoms. The second-order valence-corrected chi connectivity index (χ2v) is 5.41. The highest BCUT2D eigenvalue weighted by Gasteiger charge is 2.19. The van der Waals surface area contributed by atoms with Crippen molar-refractivity contribution in [2.45, 2.75) is 31.5 Å². The van der Waals surface area contributed by atoms with Crippen molar-refractivity contribution in [3.8, 4) is 0 Å². The molecular weight excluding hydrogens is 276 g/mol. The van der Waals surface area contributed by atoms with Gasteiger partial charge in [-0.2, -0.15) is 5.10 Å². The van der Waals surface area contributed by atoms with Gasteiger partial charge in [-0.3, -0.25) is 14.0 Å². The standard InChI is InChI=1S/C13H18N4O2S/c1-4-6-9-11-12(16(3)15-9)17(7-5-2)13(14-11)20-8-10(18)19/h5H,2,4,6-8H2,1,3H3,(H,18,19). The second kappa shape index (κ2) is 6.13. The normalized spacial score (nSPS) is 11.1. The molecule has 108 valence electrons. The number of rotatable bonds is 7. The second-order valence-electron chi connectivity index (χ2n) is 4.47. The molecule has 0 unspecified atom stereocenters. The first-order valence-corrected chi connectivity index (χ1v) is 7.44. The van der Waals surface area contributed by atoms with Crippen LogP contribution in [-0.4, -0.2) is 36.2 Å². The number of aryl methyl sites for hydroxylation is 2. The summed E-state index contributed by atoms with van der Waals surface area (Å²) >= 11 is 1.22. The molecule has 0 aromatic carbocycles. The summed E-state index contributed by atoms with van der Waals surface area (Å²) in [5.41, 5.74) is 2.75. The van der Waals surface area contributed by atoms with Gasteiger partial charge in [-0.05, 0) is 6.42 Å². The molecule has 2 rings (SSSR count). The number of carbonyl (C=O) groups is 1. The summed E-state index contributed by atoms with van der Waals surface area (Å²) in [5, 5.41) is 14.0. The summed E-state index contributed by atoms with van der Waals surface area (Å²) in [7, 11) is 1.88. The lowest BCUT2D eigenvalue weighted by atomic mass is 10.2. The van der Waals surface area contributed by atoms with Crippen LogP contribution in [0.4, 0.5) is 0 Å².